The van der Waals surface area contributed by atoms with Crippen molar-refractivity contribution in [2.75, 3.05) is 27.2 Å². The maximum Gasteiger partial charge on any atom is 0.142 e. The summed E-state index contributed by atoms with van der Waals surface area (Å²) < 4.78 is 14.6. The molecule has 0 aliphatic heterocycles. The summed E-state index contributed by atoms with van der Waals surface area (Å²) in [6.07, 6.45) is 1.95. The van der Waals surface area contributed by atoms with E-state index in [1.54, 1.807) is 6.07 Å². The summed E-state index contributed by atoms with van der Waals surface area (Å²) in [4.78, 5) is 2.12. The maximum atomic E-state index is 14.1. The van der Waals surface area contributed by atoms with Gasteiger partial charge in [0.05, 0.1) is 4.47 Å². The van der Waals surface area contributed by atoms with Crippen LogP contribution in [0.3, 0.4) is 0 Å². The van der Waals surface area contributed by atoms with Gasteiger partial charge in [0.2, 0.25) is 0 Å². The highest BCUT2D eigenvalue weighted by Crippen LogP contribution is 2.25. The summed E-state index contributed by atoms with van der Waals surface area (Å²) >= 11 is 3.25. The first kappa shape index (κ1) is 15.6. The molecule has 0 aromatic heterocycles. The third kappa shape index (κ3) is 4.67. The molecule has 1 rings (SSSR count). The largest absolute Gasteiger partial charge is 0.310 e. The van der Waals surface area contributed by atoms with Crippen LogP contribution >= 0.6 is 15.9 Å². The van der Waals surface area contributed by atoms with Gasteiger partial charge < -0.3 is 10.2 Å². The van der Waals surface area contributed by atoms with Gasteiger partial charge in [0, 0.05) is 11.6 Å². The van der Waals surface area contributed by atoms with Gasteiger partial charge >= 0.3 is 0 Å². The topological polar surface area (TPSA) is 15.3 Å². The highest BCUT2D eigenvalue weighted by atomic mass is 79.9. The van der Waals surface area contributed by atoms with Crippen LogP contribution in [-0.4, -0.2) is 32.1 Å². The normalized spacial score (nSPS) is 13.0. The minimum Gasteiger partial charge on any atom is -0.310 e. The third-order valence-electron chi connectivity index (χ3n) is 2.86. The highest BCUT2D eigenvalue weighted by molar-refractivity contribution is 9.10. The summed E-state index contributed by atoms with van der Waals surface area (Å²) in [5.41, 5.74) is 0.750. The molecular weight excluding hydrogens is 295 g/mol. The molecule has 2 nitrogen and oxygen atoms in total. The molecule has 0 saturated carbocycles. The Morgan fingerprint density at radius 1 is 1.39 bits per heavy atom. The summed E-state index contributed by atoms with van der Waals surface area (Å²) in [5.74, 6) is -0.148. The van der Waals surface area contributed by atoms with E-state index in [-0.39, 0.29) is 11.9 Å². The molecule has 0 aliphatic rings. The number of halogens is 2. The molecule has 0 radical (unpaired) electrons. The Morgan fingerprint density at radius 2 is 2.11 bits per heavy atom. The zero-order chi connectivity index (χ0) is 13.5. The quantitative estimate of drug-likeness (QED) is 0.827. The first-order valence-electron chi connectivity index (χ1n) is 6.38. The van der Waals surface area contributed by atoms with Crippen LogP contribution < -0.4 is 5.32 Å². The average Bonchev–Trinajstić information content (AvgIpc) is 2.33. The van der Waals surface area contributed by atoms with Crippen molar-refractivity contribution in [3.8, 4) is 0 Å². The van der Waals surface area contributed by atoms with Crippen molar-refractivity contribution in [2.45, 2.75) is 25.8 Å². The molecule has 0 spiro atoms. The lowest BCUT2D eigenvalue weighted by molar-refractivity contribution is 0.356. The van der Waals surface area contributed by atoms with Gasteiger partial charge in [0.15, 0.2) is 0 Å². The molecule has 1 aromatic carbocycles. The number of nitrogens with zero attached hydrogens (tertiary/aromatic N) is 1. The Morgan fingerprint density at radius 3 is 2.72 bits per heavy atom. The van der Waals surface area contributed by atoms with Crippen LogP contribution in [0.15, 0.2) is 22.7 Å². The molecule has 1 N–H and O–H groups in total. The second-order valence-corrected chi connectivity index (χ2v) is 5.60. The van der Waals surface area contributed by atoms with E-state index in [0.29, 0.717) is 4.47 Å². The molecule has 1 aromatic rings. The predicted molar refractivity (Wildman–Crippen MR) is 78.3 cm³/mol. The zero-order valence-electron chi connectivity index (χ0n) is 11.3. The molecule has 0 aliphatic carbocycles. The summed E-state index contributed by atoms with van der Waals surface area (Å²) in [7, 11) is 4.07. The van der Waals surface area contributed by atoms with Crippen molar-refractivity contribution in [3.05, 3.63) is 34.1 Å². The van der Waals surface area contributed by atoms with E-state index in [4.69, 9.17) is 0 Å². The van der Waals surface area contributed by atoms with E-state index < -0.39 is 0 Å². The van der Waals surface area contributed by atoms with Crippen LogP contribution in [0.2, 0.25) is 0 Å². The lowest BCUT2D eigenvalue weighted by atomic mass is 10.0. The molecule has 0 bridgehead atoms. The van der Waals surface area contributed by atoms with Crippen LogP contribution in [-0.2, 0) is 0 Å². The number of rotatable bonds is 7. The maximum absolute atomic E-state index is 14.1. The zero-order valence-corrected chi connectivity index (χ0v) is 12.9. The van der Waals surface area contributed by atoms with Gasteiger partial charge in [0.25, 0.3) is 0 Å². The molecule has 1 atom stereocenters. The highest BCUT2D eigenvalue weighted by Gasteiger charge is 2.16. The molecule has 4 heteroatoms. The third-order valence-corrected chi connectivity index (χ3v) is 3.48. The first-order chi connectivity index (χ1) is 8.56. The lowest BCUT2D eigenvalue weighted by Gasteiger charge is -2.22. The molecule has 0 amide bonds. The van der Waals surface area contributed by atoms with Gasteiger partial charge in [-0.1, -0.05) is 19.1 Å². The molecule has 18 heavy (non-hydrogen) atoms. The predicted octanol–water partition coefficient (Wildman–Crippen LogP) is 3.58. The van der Waals surface area contributed by atoms with Crippen LogP contribution in [0.4, 0.5) is 4.39 Å². The standard InChI is InChI=1S/C14H22BrFN2/c1-4-9-17-13(8-10-18(2)3)11-6-5-7-12(15)14(11)16/h5-7,13,17H,4,8-10H2,1-3H3. The monoisotopic (exact) mass is 316 g/mol. The minimum atomic E-state index is -0.148. The first-order valence-corrected chi connectivity index (χ1v) is 7.17. The minimum absolute atomic E-state index is 0.0739. The van der Waals surface area contributed by atoms with Crippen LogP contribution in [0.1, 0.15) is 31.4 Å². The van der Waals surface area contributed by atoms with Crippen LogP contribution in [0.25, 0.3) is 0 Å². The van der Waals surface area contributed by atoms with E-state index in [2.05, 4.69) is 33.1 Å². The Kier molecular flexibility index (Phi) is 6.82. The number of benzene rings is 1. The van der Waals surface area contributed by atoms with E-state index in [0.717, 1.165) is 31.5 Å². The second kappa shape index (κ2) is 7.87. The SMILES string of the molecule is CCCNC(CCN(C)C)c1cccc(Br)c1F. The Bertz CT molecular complexity index is 369. The van der Waals surface area contributed by atoms with Gasteiger partial charge in [-0.25, -0.2) is 4.39 Å². The van der Waals surface area contributed by atoms with Crippen molar-refractivity contribution in [1.29, 1.82) is 0 Å². The Labute approximate surface area is 118 Å². The van der Waals surface area contributed by atoms with Crippen molar-refractivity contribution >= 4 is 15.9 Å². The average molecular weight is 317 g/mol. The van der Waals surface area contributed by atoms with Gasteiger partial charge in [-0.15, -0.1) is 0 Å². The van der Waals surface area contributed by atoms with E-state index in [1.807, 2.05) is 26.2 Å². The van der Waals surface area contributed by atoms with Gasteiger partial charge in [-0.2, -0.15) is 0 Å². The van der Waals surface area contributed by atoms with Crippen LogP contribution in [0.5, 0.6) is 0 Å². The summed E-state index contributed by atoms with van der Waals surface area (Å²) in [6, 6.07) is 5.56. The Balaban J connectivity index is 2.83. The molecule has 1 unspecified atom stereocenters. The van der Waals surface area contributed by atoms with Gasteiger partial charge in [0.1, 0.15) is 5.82 Å². The number of nitrogens with one attached hydrogen (secondary N) is 1. The Hall–Kier alpha value is -0.450. The second-order valence-electron chi connectivity index (χ2n) is 4.74. The van der Waals surface area contributed by atoms with E-state index >= 15 is 0 Å². The van der Waals surface area contributed by atoms with Gasteiger partial charge in [-0.05, 0) is 62.0 Å². The summed E-state index contributed by atoms with van der Waals surface area (Å²) in [5, 5.41) is 3.42. The molecular formula is C14H22BrFN2. The number of hydrogen-bond donors (Lipinski definition) is 1. The molecule has 0 saturated heterocycles. The van der Waals surface area contributed by atoms with Crippen molar-refractivity contribution in [3.63, 3.8) is 0 Å². The van der Waals surface area contributed by atoms with Crippen molar-refractivity contribution in [2.24, 2.45) is 0 Å². The van der Waals surface area contributed by atoms with Gasteiger partial charge in [-0.3, -0.25) is 0 Å². The molecule has 102 valence electrons. The smallest absolute Gasteiger partial charge is 0.142 e. The number of hydrogen-bond acceptors (Lipinski definition) is 2. The molecule has 0 heterocycles. The van der Waals surface area contributed by atoms with Crippen LogP contribution in [0, 0.1) is 5.82 Å². The summed E-state index contributed by atoms with van der Waals surface area (Å²) in [6.45, 7) is 3.96. The fraction of sp³-hybridized carbons (Fsp3) is 0.571. The fourth-order valence-corrected chi connectivity index (χ4v) is 2.24. The van der Waals surface area contributed by atoms with Crippen molar-refractivity contribution in [1.82, 2.24) is 10.2 Å². The molecule has 0 fully saturated rings. The lowest BCUT2D eigenvalue weighted by Crippen LogP contribution is -2.27. The van der Waals surface area contributed by atoms with Crippen molar-refractivity contribution < 1.29 is 4.39 Å². The van der Waals surface area contributed by atoms with E-state index in [1.165, 1.54) is 0 Å². The van der Waals surface area contributed by atoms with E-state index in [9.17, 15) is 4.39 Å². The fourth-order valence-electron chi connectivity index (χ4n) is 1.86.